The molecule has 0 spiro atoms. The largest absolute Gasteiger partial charge is 0.393 e. The fourth-order valence-corrected chi connectivity index (χ4v) is 7.83. The molecule has 5 aromatic rings. The molecule has 1 aromatic carbocycles. The SMILES string of the molecule is CC1(C)C[C@H](Nc2nc(NCCc3cc4ccccc4[nH]3)ncc2C#[N+]c2ccn(CCNc3ncc(C#N)c(N[C@@H]4CC[C@H](O)C(C)(C)C4)n3)c2)CC[C@@H]1O. The van der Waals surface area contributed by atoms with Gasteiger partial charge in [0, 0.05) is 61.6 Å². The van der Waals surface area contributed by atoms with Crippen LogP contribution in [0, 0.1) is 28.2 Å². The van der Waals surface area contributed by atoms with E-state index in [1.807, 2.05) is 35.2 Å². The second kappa shape index (κ2) is 16.6. The molecule has 0 radical (unpaired) electrons. The first-order valence-electron chi connectivity index (χ1n) is 19.6. The number of rotatable bonds is 12. The summed E-state index contributed by atoms with van der Waals surface area (Å²) in [6.45, 7) is 10.2. The van der Waals surface area contributed by atoms with Crippen LogP contribution in [0.25, 0.3) is 15.7 Å². The van der Waals surface area contributed by atoms with Crippen LogP contribution in [0.4, 0.5) is 29.2 Å². The summed E-state index contributed by atoms with van der Waals surface area (Å²) in [5.74, 6) is 2.12. The van der Waals surface area contributed by atoms with Gasteiger partial charge in [-0.05, 0) is 71.7 Å². The molecule has 292 valence electrons. The summed E-state index contributed by atoms with van der Waals surface area (Å²) in [5, 5.41) is 45.5. The summed E-state index contributed by atoms with van der Waals surface area (Å²) in [6.07, 6.45) is 12.0. The lowest BCUT2D eigenvalue weighted by atomic mass is 9.73. The molecule has 14 nitrogen and oxygen atoms in total. The van der Waals surface area contributed by atoms with E-state index >= 15 is 0 Å². The molecular weight excluding hydrogens is 705 g/mol. The van der Waals surface area contributed by atoms with Gasteiger partial charge >= 0.3 is 11.8 Å². The molecule has 0 saturated heterocycles. The molecule has 2 aliphatic carbocycles. The van der Waals surface area contributed by atoms with Crippen LogP contribution < -0.4 is 21.3 Å². The van der Waals surface area contributed by atoms with E-state index in [0.717, 1.165) is 55.4 Å². The summed E-state index contributed by atoms with van der Waals surface area (Å²) < 4.78 is 2.02. The van der Waals surface area contributed by atoms with Crippen molar-refractivity contribution >= 4 is 40.1 Å². The Morgan fingerprint density at radius 3 is 2.12 bits per heavy atom. The highest BCUT2D eigenvalue weighted by Crippen LogP contribution is 2.38. The van der Waals surface area contributed by atoms with Crippen molar-refractivity contribution in [2.45, 2.75) is 103 Å². The average molecular weight is 758 g/mol. The van der Waals surface area contributed by atoms with Gasteiger partial charge in [0.2, 0.25) is 11.9 Å². The van der Waals surface area contributed by atoms with Crippen LogP contribution in [0.5, 0.6) is 0 Å². The lowest BCUT2D eigenvalue weighted by Crippen LogP contribution is -2.41. The third kappa shape index (κ3) is 9.39. The molecule has 4 aromatic heterocycles. The zero-order chi connectivity index (χ0) is 39.3. The van der Waals surface area contributed by atoms with Gasteiger partial charge in [-0.3, -0.25) is 0 Å². The smallest absolute Gasteiger partial charge is 0.358 e. The van der Waals surface area contributed by atoms with Crippen molar-refractivity contribution in [1.29, 1.82) is 5.26 Å². The number of aliphatic hydroxyl groups is 2. The molecule has 4 heterocycles. The minimum Gasteiger partial charge on any atom is -0.393 e. The van der Waals surface area contributed by atoms with Crippen LogP contribution in [0.3, 0.4) is 0 Å². The van der Waals surface area contributed by atoms with Gasteiger partial charge in [-0.15, -0.1) is 0 Å². The number of nitriles is 1. The van der Waals surface area contributed by atoms with Crippen LogP contribution >= 0.6 is 0 Å². The highest BCUT2D eigenvalue weighted by atomic mass is 16.3. The quantitative estimate of drug-likeness (QED) is 0.0701. The summed E-state index contributed by atoms with van der Waals surface area (Å²) in [5.41, 5.74) is 3.63. The number of para-hydroxylation sites is 1. The van der Waals surface area contributed by atoms with E-state index in [4.69, 9.17) is 4.98 Å². The monoisotopic (exact) mass is 757 g/mol. The Hall–Kier alpha value is -5.70. The zero-order valence-electron chi connectivity index (χ0n) is 32.7. The number of anilines is 4. The highest BCUT2D eigenvalue weighted by molar-refractivity contribution is 5.80. The van der Waals surface area contributed by atoms with Gasteiger partial charge < -0.3 is 41.0 Å². The average Bonchev–Trinajstić information content (AvgIpc) is 3.81. The Kier molecular flexibility index (Phi) is 11.4. The van der Waals surface area contributed by atoms with Crippen LogP contribution in [0.1, 0.15) is 83.0 Å². The first-order chi connectivity index (χ1) is 26.9. The number of fused-ring (bicyclic) bond motifs is 1. The number of aromatic amines is 1. The van der Waals surface area contributed by atoms with E-state index in [-0.39, 0.29) is 35.1 Å². The van der Waals surface area contributed by atoms with Crippen LogP contribution in [0.15, 0.2) is 61.2 Å². The van der Waals surface area contributed by atoms with Crippen molar-refractivity contribution in [3.05, 3.63) is 82.9 Å². The molecule has 0 amide bonds. The van der Waals surface area contributed by atoms with Gasteiger partial charge in [0.25, 0.3) is 0 Å². The zero-order valence-corrected chi connectivity index (χ0v) is 32.7. The standard InChI is InChI=1S/C42H52N12O2/c1-41(2)20-31(9-11-35(41)55)50-37-28(22-43)23-47-40(52-37)45-16-18-54-17-14-33(26-54)46-24-29-25-48-39(44-15-13-30-19-27-7-5-6-8-34(27)49-30)53-38(29)51-32-10-12-36(56)42(3,4)21-32/h5-8,14,17,19,23,25-26,31-32,35-36,49,55-56H,9-13,15-16,18,20-21H2,1-4H3,(H3,44,45,47,50,51,52,53)/p+1/t31-,32-,35+,36+/m1/s1. The first kappa shape index (κ1) is 38.6. The molecular formula is C42H53N12O2+. The maximum atomic E-state index is 10.6. The Morgan fingerprint density at radius 1 is 0.857 bits per heavy atom. The molecule has 14 heteroatoms. The van der Waals surface area contributed by atoms with Crippen LogP contribution in [0.2, 0.25) is 0 Å². The van der Waals surface area contributed by atoms with Crippen LogP contribution in [-0.2, 0) is 13.0 Å². The van der Waals surface area contributed by atoms with E-state index in [9.17, 15) is 15.5 Å². The number of aromatic nitrogens is 6. The molecule has 56 heavy (non-hydrogen) atoms. The van der Waals surface area contributed by atoms with Crippen molar-refractivity contribution in [1.82, 2.24) is 29.5 Å². The van der Waals surface area contributed by atoms with E-state index in [1.54, 1.807) is 6.20 Å². The van der Waals surface area contributed by atoms with Gasteiger partial charge in [-0.25, -0.2) is 9.97 Å². The second-order valence-corrected chi connectivity index (χ2v) is 16.6. The topological polar surface area (TPSA) is 189 Å². The molecule has 7 rings (SSSR count). The second-order valence-electron chi connectivity index (χ2n) is 16.6. The van der Waals surface area contributed by atoms with Gasteiger partial charge in [0.1, 0.15) is 17.5 Å². The minimum absolute atomic E-state index is 0.113. The van der Waals surface area contributed by atoms with Gasteiger partial charge in [-0.1, -0.05) is 45.9 Å². The third-order valence-corrected chi connectivity index (χ3v) is 11.3. The Morgan fingerprint density at radius 2 is 1.48 bits per heavy atom. The molecule has 7 N–H and O–H groups in total. The van der Waals surface area contributed by atoms with Gasteiger partial charge in [0.05, 0.1) is 30.8 Å². The summed E-state index contributed by atoms with van der Waals surface area (Å²) in [7, 11) is 0. The maximum absolute atomic E-state index is 10.6. The van der Waals surface area contributed by atoms with Crippen molar-refractivity contribution < 1.29 is 10.2 Å². The fraction of sp³-hybridized carbons (Fsp3) is 0.476. The molecule has 4 atom stereocenters. The Bertz CT molecular complexity index is 2210. The maximum Gasteiger partial charge on any atom is 0.358 e. The Balaban J connectivity index is 0.984. The fourth-order valence-electron chi connectivity index (χ4n) is 7.83. The number of H-pyrrole nitrogens is 1. The number of nitrogens with zero attached hydrogens (tertiary/aromatic N) is 7. The predicted molar refractivity (Wildman–Crippen MR) is 220 cm³/mol. The first-order valence-corrected chi connectivity index (χ1v) is 19.6. The van der Waals surface area contributed by atoms with E-state index in [0.29, 0.717) is 60.7 Å². The minimum atomic E-state index is -0.336. The van der Waals surface area contributed by atoms with Crippen LogP contribution in [-0.4, -0.2) is 77.1 Å². The molecule has 2 saturated carbocycles. The predicted octanol–water partition coefficient (Wildman–Crippen LogP) is 6.90. The lowest BCUT2D eigenvalue weighted by molar-refractivity contribution is 0.00924. The molecule has 0 bridgehead atoms. The summed E-state index contributed by atoms with van der Waals surface area (Å²) >= 11 is 0. The third-order valence-electron chi connectivity index (χ3n) is 11.3. The number of hydrogen-bond donors (Lipinski definition) is 7. The normalized spacial score (nSPS) is 21.4. The number of benzene rings is 1. The van der Waals surface area contributed by atoms with Crippen molar-refractivity contribution in [2.75, 3.05) is 34.4 Å². The number of aliphatic hydroxyl groups excluding tert-OH is 2. The highest BCUT2D eigenvalue weighted by Gasteiger charge is 2.37. The summed E-state index contributed by atoms with van der Waals surface area (Å²) in [4.78, 5) is 26.6. The molecule has 0 aliphatic heterocycles. The molecule has 2 fully saturated rings. The van der Waals surface area contributed by atoms with Gasteiger partial charge in [-0.2, -0.15) is 15.2 Å². The van der Waals surface area contributed by atoms with E-state index in [2.05, 4.69) is 104 Å². The lowest BCUT2D eigenvalue weighted by Gasteiger charge is -2.40. The van der Waals surface area contributed by atoms with Crippen molar-refractivity contribution in [2.24, 2.45) is 10.8 Å². The summed E-state index contributed by atoms with van der Waals surface area (Å²) in [6, 6.07) is 18.0. The van der Waals surface area contributed by atoms with E-state index < -0.39 is 0 Å². The number of nitrogens with one attached hydrogen (secondary N) is 5. The van der Waals surface area contributed by atoms with Crippen molar-refractivity contribution in [3.8, 4) is 12.1 Å². The Labute approximate surface area is 328 Å². The van der Waals surface area contributed by atoms with Crippen molar-refractivity contribution in [3.63, 3.8) is 0 Å². The van der Waals surface area contributed by atoms with E-state index in [1.165, 1.54) is 11.6 Å². The van der Waals surface area contributed by atoms with Gasteiger partial charge in [0.15, 0.2) is 11.4 Å². The molecule has 2 aliphatic rings. The molecule has 0 unspecified atom stereocenters. The number of hydrogen-bond acceptors (Lipinski definition) is 11.